The van der Waals surface area contributed by atoms with Crippen molar-refractivity contribution in [1.82, 2.24) is 10.2 Å². The van der Waals surface area contributed by atoms with Gasteiger partial charge in [0.15, 0.2) is 0 Å². The van der Waals surface area contributed by atoms with Crippen LogP contribution in [0.25, 0.3) is 0 Å². The van der Waals surface area contributed by atoms with Gasteiger partial charge >= 0.3 is 6.18 Å². The third-order valence-electron chi connectivity index (χ3n) is 5.73. The fourth-order valence-corrected chi connectivity index (χ4v) is 5.10. The molecule has 0 aliphatic carbocycles. The summed E-state index contributed by atoms with van der Waals surface area (Å²) in [5, 5.41) is 3.25. The molecule has 210 valence electrons. The number of sulfonamides is 1. The Balaban J connectivity index is 2.27. The molecule has 0 saturated carbocycles. The first-order valence-electron chi connectivity index (χ1n) is 12.1. The van der Waals surface area contributed by atoms with Crippen molar-refractivity contribution in [3.05, 3.63) is 64.7 Å². The Morgan fingerprint density at radius 3 is 2.29 bits per heavy atom. The highest BCUT2D eigenvalue weighted by Gasteiger charge is 2.32. The topological polar surface area (TPSA) is 86.8 Å². The highest BCUT2D eigenvalue weighted by Crippen LogP contribution is 2.32. The standard InChI is InChI=1S/C26H33ClF3N3O4S/c1-5-23(25(35)31-18(2)3)32(17-19-10-6-7-13-22(19)27)24(34)14-9-15-33(38(4,36)37)21-12-8-11-20(16-21)26(28,29)30/h6-8,10-13,16,18,23H,5,9,14-15,17H2,1-4H3,(H,31,35)/t23-/m0/s1. The molecule has 0 heterocycles. The number of nitrogens with zero attached hydrogens (tertiary/aromatic N) is 2. The fourth-order valence-electron chi connectivity index (χ4n) is 3.95. The van der Waals surface area contributed by atoms with E-state index in [0.29, 0.717) is 17.0 Å². The number of rotatable bonds is 12. The van der Waals surface area contributed by atoms with Crippen molar-refractivity contribution in [3.63, 3.8) is 0 Å². The molecule has 1 atom stereocenters. The van der Waals surface area contributed by atoms with E-state index >= 15 is 0 Å². The predicted octanol–water partition coefficient (Wildman–Crippen LogP) is 5.24. The number of amides is 2. The Labute approximate surface area is 227 Å². The van der Waals surface area contributed by atoms with E-state index in [-0.39, 0.29) is 43.6 Å². The SMILES string of the molecule is CC[C@@H](C(=O)NC(C)C)N(Cc1ccccc1Cl)C(=O)CCCN(c1cccc(C(F)(F)F)c1)S(C)(=O)=O. The van der Waals surface area contributed by atoms with Gasteiger partial charge in [0, 0.05) is 30.6 Å². The van der Waals surface area contributed by atoms with E-state index < -0.39 is 33.7 Å². The first-order valence-corrected chi connectivity index (χ1v) is 14.4. The lowest BCUT2D eigenvalue weighted by Crippen LogP contribution is -2.50. The van der Waals surface area contributed by atoms with Gasteiger partial charge in [-0.25, -0.2) is 8.42 Å². The van der Waals surface area contributed by atoms with Crippen molar-refractivity contribution in [2.75, 3.05) is 17.1 Å². The number of hydrogen-bond donors (Lipinski definition) is 1. The monoisotopic (exact) mass is 575 g/mol. The summed E-state index contributed by atoms with van der Waals surface area (Å²) in [6.45, 7) is 5.22. The van der Waals surface area contributed by atoms with Crippen molar-refractivity contribution in [1.29, 1.82) is 0 Å². The number of carbonyl (C=O) groups is 2. The molecular weight excluding hydrogens is 543 g/mol. The molecule has 0 aliphatic rings. The molecule has 7 nitrogen and oxygen atoms in total. The molecule has 0 fully saturated rings. The van der Waals surface area contributed by atoms with Gasteiger partial charge in [0.25, 0.3) is 0 Å². The Morgan fingerprint density at radius 2 is 1.74 bits per heavy atom. The van der Waals surface area contributed by atoms with Crippen LogP contribution in [0.4, 0.5) is 18.9 Å². The molecule has 0 unspecified atom stereocenters. The molecular formula is C26H33ClF3N3O4S. The lowest BCUT2D eigenvalue weighted by atomic mass is 10.1. The van der Waals surface area contributed by atoms with Gasteiger partial charge in [0.2, 0.25) is 21.8 Å². The Hall–Kier alpha value is -2.79. The Kier molecular flexibility index (Phi) is 11.0. The maximum absolute atomic E-state index is 13.4. The predicted molar refractivity (Wildman–Crippen MR) is 142 cm³/mol. The number of anilines is 1. The minimum absolute atomic E-state index is 0.0173. The van der Waals surface area contributed by atoms with Gasteiger partial charge in [0.05, 0.1) is 17.5 Å². The molecule has 2 aromatic carbocycles. The van der Waals surface area contributed by atoms with Crippen LogP contribution in [-0.4, -0.2) is 50.0 Å². The minimum Gasteiger partial charge on any atom is -0.352 e. The van der Waals surface area contributed by atoms with Crippen LogP contribution in [-0.2, 0) is 32.3 Å². The van der Waals surface area contributed by atoms with Gasteiger partial charge in [-0.3, -0.25) is 13.9 Å². The van der Waals surface area contributed by atoms with Gasteiger partial charge in [-0.05, 0) is 56.5 Å². The van der Waals surface area contributed by atoms with Crippen LogP contribution in [0.3, 0.4) is 0 Å². The molecule has 0 spiro atoms. The maximum atomic E-state index is 13.4. The number of halogens is 4. The van der Waals surface area contributed by atoms with E-state index in [0.717, 1.165) is 28.8 Å². The van der Waals surface area contributed by atoms with E-state index in [1.165, 1.54) is 11.0 Å². The molecule has 0 aliphatic heterocycles. The van der Waals surface area contributed by atoms with Crippen LogP contribution < -0.4 is 9.62 Å². The van der Waals surface area contributed by atoms with E-state index in [4.69, 9.17) is 11.6 Å². The minimum atomic E-state index is -4.64. The Morgan fingerprint density at radius 1 is 1.08 bits per heavy atom. The summed E-state index contributed by atoms with van der Waals surface area (Å²) in [6.07, 6.45) is -3.54. The van der Waals surface area contributed by atoms with E-state index in [1.807, 2.05) is 0 Å². The molecule has 2 rings (SSSR count). The zero-order valence-corrected chi connectivity index (χ0v) is 23.3. The summed E-state index contributed by atoms with van der Waals surface area (Å²) in [5.74, 6) is -0.738. The molecule has 2 amide bonds. The molecule has 38 heavy (non-hydrogen) atoms. The van der Waals surface area contributed by atoms with Gasteiger partial charge in [-0.1, -0.05) is 42.8 Å². The summed E-state index contributed by atoms with van der Waals surface area (Å²) in [7, 11) is -3.94. The largest absolute Gasteiger partial charge is 0.416 e. The highest BCUT2D eigenvalue weighted by atomic mass is 35.5. The van der Waals surface area contributed by atoms with Gasteiger partial charge < -0.3 is 10.2 Å². The van der Waals surface area contributed by atoms with E-state index in [9.17, 15) is 31.2 Å². The first kappa shape index (κ1) is 31.4. The number of alkyl halides is 3. The van der Waals surface area contributed by atoms with Crippen LogP contribution in [0.15, 0.2) is 48.5 Å². The lowest BCUT2D eigenvalue weighted by Gasteiger charge is -2.32. The molecule has 1 N–H and O–H groups in total. The van der Waals surface area contributed by atoms with Gasteiger partial charge in [-0.15, -0.1) is 0 Å². The zero-order chi connectivity index (χ0) is 28.7. The van der Waals surface area contributed by atoms with E-state index in [1.54, 1.807) is 45.0 Å². The van der Waals surface area contributed by atoms with Crippen molar-refractivity contribution in [2.24, 2.45) is 0 Å². The average Bonchev–Trinajstić information content (AvgIpc) is 2.81. The molecule has 0 saturated heterocycles. The number of carbonyl (C=O) groups excluding carboxylic acids is 2. The smallest absolute Gasteiger partial charge is 0.352 e. The van der Waals surface area contributed by atoms with Crippen molar-refractivity contribution >= 4 is 39.1 Å². The zero-order valence-electron chi connectivity index (χ0n) is 21.8. The lowest BCUT2D eigenvalue weighted by molar-refractivity contribution is -0.141. The Bertz CT molecular complexity index is 1220. The van der Waals surface area contributed by atoms with Crippen molar-refractivity contribution in [2.45, 2.75) is 64.8 Å². The van der Waals surface area contributed by atoms with E-state index in [2.05, 4.69) is 5.32 Å². The first-order chi connectivity index (χ1) is 17.6. The van der Waals surface area contributed by atoms with Crippen LogP contribution in [0.1, 0.15) is 51.2 Å². The summed E-state index contributed by atoms with van der Waals surface area (Å²) in [5.41, 5.74) is -0.488. The quantitative estimate of drug-likeness (QED) is 0.375. The molecule has 2 aromatic rings. The summed E-state index contributed by atoms with van der Waals surface area (Å²) < 4.78 is 65.2. The van der Waals surface area contributed by atoms with Crippen molar-refractivity contribution in [3.8, 4) is 0 Å². The number of hydrogen-bond acceptors (Lipinski definition) is 4. The number of benzene rings is 2. The van der Waals surface area contributed by atoms with Crippen molar-refractivity contribution < 1.29 is 31.2 Å². The normalized spacial score (nSPS) is 12.8. The second-order valence-electron chi connectivity index (χ2n) is 9.19. The molecule has 12 heteroatoms. The molecule has 0 bridgehead atoms. The summed E-state index contributed by atoms with van der Waals surface area (Å²) >= 11 is 6.30. The molecule has 0 aromatic heterocycles. The fraction of sp³-hybridized carbons (Fsp3) is 0.462. The van der Waals surface area contributed by atoms with Crippen LogP contribution in [0.2, 0.25) is 5.02 Å². The van der Waals surface area contributed by atoms with Gasteiger partial charge in [-0.2, -0.15) is 13.2 Å². The van der Waals surface area contributed by atoms with Gasteiger partial charge in [0.1, 0.15) is 6.04 Å². The number of nitrogens with one attached hydrogen (secondary N) is 1. The summed E-state index contributed by atoms with van der Waals surface area (Å²) in [6, 6.07) is 10.00. The second kappa shape index (κ2) is 13.3. The van der Waals surface area contributed by atoms with Crippen LogP contribution >= 0.6 is 11.6 Å². The second-order valence-corrected chi connectivity index (χ2v) is 11.5. The van der Waals surface area contributed by atoms with Crippen LogP contribution in [0, 0.1) is 0 Å². The third kappa shape index (κ3) is 8.90. The molecule has 0 radical (unpaired) electrons. The third-order valence-corrected chi connectivity index (χ3v) is 7.29. The maximum Gasteiger partial charge on any atom is 0.416 e. The summed E-state index contributed by atoms with van der Waals surface area (Å²) in [4.78, 5) is 27.7. The van der Waals surface area contributed by atoms with Crippen LogP contribution in [0.5, 0.6) is 0 Å². The highest BCUT2D eigenvalue weighted by molar-refractivity contribution is 7.92. The average molecular weight is 576 g/mol.